The Morgan fingerprint density at radius 1 is 0.509 bits per heavy atom. The van der Waals surface area contributed by atoms with Crippen LogP contribution < -0.4 is 21.4 Å². The van der Waals surface area contributed by atoms with Gasteiger partial charge in [0.15, 0.2) is 0 Å². The van der Waals surface area contributed by atoms with Crippen molar-refractivity contribution in [2.45, 2.75) is 0 Å². The first-order valence-electron chi connectivity index (χ1n) is 18.1. The van der Waals surface area contributed by atoms with Gasteiger partial charge in [-0.3, -0.25) is 20.2 Å². The summed E-state index contributed by atoms with van der Waals surface area (Å²) in [6.07, 6.45) is 12.8. The number of rotatable bonds is 6. The molecule has 8 bridgehead atoms. The van der Waals surface area contributed by atoms with Gasteiger partial charge >= 0.3 is 0 Å². The van der Waals surface area contributed by atoms with Crippen molar-refractivity contribution in [3.05, 3.63) is 220 Å². The van der Waals surface area contributed by atoms with Crippen LogP contribution in [0.2, 0.25) is 0 Å². The van der Waals surface area contributed by atoms with Gasteiger partial charge in [-0.25, -0.2) is 0 Å². The smallest absolute Gasteiger partial charge is 0.270 e. The Morgan fingerprint density at radius 3 is 1.23 bits per heavy atom. The molecule has 4 aromatic heterocycles. The van der Waals surface area contributed by atoms with Crippen LogP contribution in [0.5, 0.6) is 0 Å². The lowest BCUT2D eigenvalue weighted by atomic mass is 10.0. The van der Waals surface area contributed by atoms with Gasteiger partial charge in [-0.2, -0.15) is 0 Å². The molecule has 6 aromatic rings. The van der Waals surface area contributed by atoms with Crippen LogP contribution in [-0.4, -0.2) is 66.8 Å². The lowest BCUT2D eigenvalue weighted by Gasteiger charge is -2.19. The summed E-state index contributed by atoms with van der Waals surface area (Å²) in [6, 6.07) is 29.4. The largest absolute Gasteiger partial charge is 0.377 e. The van der Waals surface area contributed by atoms with Crippen LogP contribution in [0.3, 0.4) is 0 Å². The van der Waals surface area contributed by atoms with Crippen molar-refractivity contribution in [2.24, 2.45) is 0 Å². The van der Waals surface area contributed by atoms with Crippen LogP contribution in [0.15, 0.2) is 145 Å². The van der Waals surface area contributed by atoms with Gasteiger partial charge < -0.3 is 29.7 Å². The van der Waals surface area contributed by atoms with Gasteiger partial charge in [0, 0.05) is 118 Å². The number of aromatic amines is 4. The predicted molar refractivity (Wildman–Crippen MR) is 223 cm³/mol. The van der Waals surface area contributed by atoms with Gasteiger partial charge in [0.25, 0.3) is 11.4 Å². The van der Waals surface area contributed by atoms with Crippen LogP contribution in [-0.2, 0) is 0 Å². The molecule has 3 aliphatic heterocycles. The molecule has 0 radical (unpaired) electrons. The summed E-state index contributed by atoms with van der Waals surface area (Å²) in [6.45, 7) is 1.48. The van der Waals surface area contributed by atoms with Crippen molar-refractivity contribution in [1.82, 2.24) is 29.7 Å². The molecule has 9 rings (SSSR count). The maximum atomic E-state index is 12.0. The van der Waals surface area contributed by atoms with Crippen molar-refractivity contribution >= 4 is 46.1 Å². The van der Waals surface area contributed by atoms with E-state index in [0.29, 0.717) is 22.5 Å². The third kappa shape index (κ3) is 6.83. The molecular formula is C44H37ClN8O4. The number of non-ortho nitro benzene ring substituents is 2. The second kappa shape index (κ2) is 14.7. The van der Waals surface area contributed by atoms with E-state index in [1.807, 2.05) is 62.6 Å². The van der Waals surface area contributed by atoms with E-state index in [4.69, 9.17) is 0 Å². The van der Waals surface area contributed by atoms with Crippen molar-refractivity contribution in [2.75, 3.05) is 27.2 Å². The Labute approximate surface area is 332 Å². The van der Waals surface area contributed by atoms with E-state index < -0.39 is 9.85 Å². The number of likely N-dealkylation sites (N-methyl/N-ethyl adjacent to an activating group) is 2. The van der Waals surface area contributed by atoms with Crippen LogP contribution in [0.4, 0.5) is 11.4 Å². The first-order chi connectivity index (χ1) is 27.2. The summed E-state index contributed by atoms with van der Waals surface area (Å²) in [7, 11) is 4.07. The average Bonchev–Trinajstić information content (AvgIpc) is 4.04. The normalized spacial score (nSPS) is 15.1. The summed E-state index contributed by atoms with van der Waals surface area (Å²) in [5.41, 5.74) is 9.93. The van der Waals surface area contributed by atoms with Gasteiger partial charge in [0.2, 0.25) is 0 Å². The maximum Gasteiger partial charge on any atom is 0.270 e. The van der Waals surface area contributed by atoms with Gasteiger partial charge in [-0.15, -0.1) is 12.4 Å². The summed E-state index contributed by atoms with van der Waals surface area (Å²) in [5.74, 6) is 0. The number of allylic oxidation sites excluding steroid dienone is 4. The van der Waals surface area contributed by atoms with Crippen molar-refractivity contribution < 1.29 is 9.85 Å². The number of fused-ring (bicyclic) bond motifs is 8. The van der Waals surface area contributed by atoms with Gasteiger partial charge in [0.05, 0.1) is 9.85 Å². The first-order valence-corrected chi connectivity index (χ1v) is 18.1. The monoisotopic (exact) mass is 776 g/mol. The lowest BCUT2D eigenvalue weighted by Crippen LogP contribution is -2.21. The molecule has 0 atom stereocenters. The molecule has 0 amide bonds. The SMILES string of the molecule is CN1C=CC(C2=c3ccc([nH]3)=C(c3cccc([N+](=O)[O-])c3)c3ccc([nH]3)C(c3cccc([N+](=O)[O-])c3)=c3ccc([nH]3)=C(C3=CCN(C)C=C3)c3ccc2[nH]3)=CC1.Cl. The van der Waals surface area contributed by atoms with Crippen LogP contribution >= 0.6 is 12.4 Å². The molecule has 4 N–H and O–H groups in total. The highest BCUT2D eigenvalue weighted by atomic mass is 35.5. The standard InChI is InChI=1S/C44H36N8O4.ClH/c1-49-21-17-27(18-22-49)41-33-9-10-34(45-33)42(28-19-23-50(2)24-20-28)36-12-14-38(47-36)44(30-6-4-8-32(26-30)52(55)56)40-16-15-39(48-40)43(37-13-11-35(41)46-37)29-5-3-7-31(25-29)51(53)54;/h3-21,23,25-26,45-48H,22,24H2,1-2H3;1H. The minimum Gasteiger partial charge on any atom is -0.377 e. The molecule has 0 saturated carbocycles. The Balaban J connectivity index is 0.00000455. The summed E-state index contributed by atoms with van der Waals surface area (Å²) >= 11 is 0. The zero-order valence-electron chi connectivity index (χ0n) is 30.9. The molecule has 284 valence electrons. The summed E-state index contributed by atoms with van der Waals surface area (Å²) in [4.78, 5) is 42.2. The Kier molecular flexibility index (Phi) is 9.48. The third-order valence-electron chi connectivity index (χ3n) is 10.4. The van der Waals surface area contributed by atoms with E-state index in [-0.39, 0.29) is 23.8 Å². The van der Waals surface area contributed by atoms with Crippen LogP contribution in [0, 0.1) is 20.2 Å². The summed E-state index contributed by atoms with van der Waals surface area (Å²) < 4.78 is 0. The number of hydrogen-bond donors (Lipinski definition) is 4. The fourth-order valence-corrected chi connectivity index (χ4v) is 7.65. The molecule has 2 aromatic carbocycles. The number of nitro groups is 2. The Bertz CT molecular complexity index is 2790. The van der Waals surface area contributed by atoms with Crippen molar-refractivity contribution in [1.29, 1.82) is 0 Å². The third-order valence-corrected chi connectivity index (χ3v) is 10.4. The van der Waals surface area contributed by atoms with E-state index in [1.165, 1.54) is 12.1 Å². The van der Waals surface area contributed by atoms with Crippen LogP contribution in [0.1, 0.15) is 33.9 Å². The number of H-pyrrole nitrogens is 4. The number of aromatic nitrogens is 4. The molecule has 12 nitrogen and oxygen atoms in total. The highest BCUT2D eigenvalue weighted by Crippen LogP contribution is 2.31. The second-order valence-electron chi connectivity index (χ2n) is 14.1. The number of nitro benzene ring substituents is 2. The van der Waals surface area contributed by atoms with Crippen LogP contribution in [0.25, 0.3) is 22.3 Å². The second-order valence-corrected chi connectivity index (χ2v) is 14.1. The molecule has 0 spiro atoms. The average molecular weight is 777 g/mol. The fraction of sp³-hybridized carbons (Fsp3) is 0.0909. The van der Waals surface area contributed by atoms with Gasteiger partial charge in [-0.05, 0) is 95.4 Å². The molecule has 13 heteroatoms. The summed E-state index contributed by atoms with van der Waals surface area (Å²) in [5, 5.41) is 27.2. The molecule has 0 aliphatic carbocycles. The molecule has 0 fully saturated rings. The molecular weight excluding hydrogens is 740 g/mol. The van der Waals surface area contributed by atoms with Crippen molar-refractivity contribution in [3.8, 4) is 0 Å². The van der Waals surface area contributed by atoms with E-state index in [1.54, 1.807) is 24.3 Å². The molecule has 3 aliphatic rings. The van der Waals surface area contributed by atoms with E-state index in [0.717, 1.165) is 79.3 Å². The number of hydrogen-bond acceptors (Lipinski definition) is 6. The predicted octanol–water partition coefficient (Wildman–Crippen LogP) is 5.21. The van der Waals surface area contributed by atoms with Gasteiger partial charge in [0.1, 0.15) is 0 Å². The molecule has 7 heterocycles. The number of nitrogens with zero attached hydrogens (tertiary/aromatic N) is 4. The number of benzene rings is 2. The highest BCUT2D eigenvalue weighted by molar-refractivity contribution is 5.86. The number of halogens is 1. The quantitative estimate of drug-likeness (QED) is 0.134. The topological polar surface area (TPSA) is 156 Å². The van der Waals surface area contributed by atoms with E-state index in [9.17, 15) is 20.2 Å². The first kappa shape index (κ1) is 36.7. The zero-order valence-corrected chi connectivity index (χ0v) is 31.8. The maximum absolute atomic E-state index is 12.0. The van der Waals surface area contributed by atoms with E-state index >= 15 is 0 Å². The van der Waals surface area contributed by atoms with Gasteiger partial charge in [-0.1, -0.05) is 36.4 Å². The van der Waals surface area contributed by atoms with E-state index in [2.05, 4.69) is 78.6 Å². The van der Waals surface area contributed by atoms with Crippen molar-refractivity contribution in [3.63, 3.8) is 0 Å². The zero-order chi connectivity index (χ0) is 38.5. The Morgan fingerprint density at radius 2 is 0.877 bits per heavy atom. The Hall–Kier alpha value is -7.31. The molecule has 0 unspecified atom stereocenters. The molecule has 0 saturated heterocycles. The fourth-order valence-electron chi connectivity index (χ4n) is 7.65. The minimum absolute atomic E-state index is 0. The highest BCUT2D eigenvalue weighted by Gasteiger charge is 2.21. The number of nitrogens with one attached hydrogen (secondary N) is 4. The molecule has 57 heavy (non-hydrogen) atoms. The lowest BCUT2D eigenvalue weighted by molar-refractivity contribution is -0.385. The minimum atomic E-state index is -0.396.